The molecule has 1 unspecified atom stereocenters. The Kier molecular flexibility index (Phi) is 7.76. The predicted molar refractivity (Wildman–Crippen MR) is 137 cm³/mol. The molecule has 3 N–H and O–H groups in total. The van der Waals surface area contributed by atoms with Gasteiger partial charge in [-0.3, -0.25) is 10.1 Å². The van der Waals surface area contributed by atoms with Crippen molar-refractivity contribution in [1.82, 2.24) is 5.32 Å². The topological polar surface area (TPSA) is 79.5 Å². The average molecular weight is 462 g/mol. The third-order valence-electron chi connectivity index (χ3n) is 5.07. The maximum atomic E-state index is 12.6. The molecule has 4 aromatic rings. The van der Waals surface area contributed by atoms with E-state index in [4.69, 9.17) is 4.74 Å². The van der Waals surface area contributed by atoms with Crippen molar-refractivity contribution in [2.24, 2.45) is 0 Å². The Hall–Kier alpha value is -5.02. The molecule has 0 heterocycles. The zero-order valence-electron chi connectivity index (χ0n) is 18.8. The Bertz CT molecular complexity index is 1330. The first kappa shape index (κ1) is 23.1. The van der Waals surface area contributed by atoms with Crippen LogP contribution in [0.4, 0.5) is 16.2 Å². The van der Waals surface area contributed by atoms with Crippen molar-refractivity contribution >= 4 is 23.3 Å². The molecule has 3 amide bonds. The standard InChI is InChI=1S/C29H23N3O3/c33-28(23-14-6-2-7-15-23)30-20-21-35-27(22-12-4-1-5-13-22)25-18-10-11-19-26(25)32-29(34)31-24-16-8-3-9-17-24/h1-19,27H,(H,30,33)(H2,31,32,34). The van der Waals surface area contributed by atoms with Gasteiger partial charge in [-0.25, -0.2) is 4.79 Å². The molecule has 0 aliphatic carbocycles. The minimum absolute atomic E-state index is 0.322. The number of carbonyl (C=O) groups excluding carboxylic acids is 2. The Balaban J connectivity index is 1.53. The quantitative estimate of drug-likeness (QED) is 0.251. The summed E-state index contributed by atoms with van der Waals surface area (Å²) in [5.74, 6) is -0.322. The lowest BCUT2D eigenvalue weighted by Gasteiger charge is -2.19. The smallest absolute Gasteiger partial charge is 0.323 e. The van der Waals surface area contributed by atoms with Gasteiger partial charge in [-0.2, -0.15) is 0 Å². The van der Waals surface area contributed by atoms with Crippen molar-refractivity contribution < 1.29 is 14.3 Å². The molecule has 0 aliphatic rings. The van der Waals surface area contributed by atoms with E-state index in [-0.39, 0.29) is 11.9 Å². The SMILES string of the molecule is O=C(Nc1ccccc1)Nc1ccccc1C(OC#CNC(=O)c1ccccc1)c1ccccc1. The molecule has 0 saturated carbocycles. The first-order valence-electron chi connectivity index (χ1n) is 11.0. The number of para-hydroxylation sites is 2. The van der Waals surface area contributed by atoms with Crippen molar-refractivity contribution in [3.8, 4) is 12.2 Å². The van der Waals surface area contributed by atoms with E-state index in [9.17, 15) is 9.59 Å². The van der Waals surface area contributed by atoms with Crippen LogP contribution in [0.3, 0.4) is 0 Å². The lowest BCUT2D eigenvalue weighted by Crippen LogP contribution is -2.21. The van der Waals surface area contributed by atoms with Crippen LogP contribution in [0.1, 0.15) is 27.6 Å². The van der Waals surface area contributed by atoms with Crippen LogP contribution in [0.2, 0.25) is 0 Å². The number of urea groups is 1. The lowest BCUT2D eigenvalue weighted by molar-refractivity contribution is 0.0972. The number of hydrogen-bond acceptors (Lipinski definition) is 3. The molecule has 0 aliphatic heterocycles. The largest absolute Gasteiger partial charge is 0.432 e. The van der Waals surface area contributed by atoms with Gasteiger partial charge in [0.05, 0.1) is 6.04 Å². The van der Waals surface area contributed by atoms with Crippen molar-refractivity contribution in [3.05, 3.63) is 132 Å². The first-order chi connectivity index (χ1) is 17.2. The van der Waals surface area contributed by atoms with Crippen LogP contribution in [-0.2, 0) is 4.74 Å². The summed E-state index contributed by atoms with van der Waals surface area (Å²) in [5.41, 5.74) is 3.31. The van der Waals surface area contributed by atoms with E-state index in [0.717, 1.165) is 5.56 Å². The normalized spacial score (nSPS) is 10.7. The molecule has 35 heavy (non-hydrogen) atoms. The van der Waals surface area contributed by atoms with Gasteiger partial charge in [0.15, 0.2) is 6.10 Å². The zero-order valence-corrected chi connectivity index (χ0v) is 18.8. The van der Waals surface area contributed by atoms with Gasteiger partial charge in [-0.1, -0.05) is 84.9 Å². The van der Waals surface area contributed by atoms with Crippen LogP contribution in [0.25, 0.3) is 0 Å². The van der Waals surface area contributed by atoms with Crippen LogP contribution >= 0.6 is 0 Å². The number of amides is 3. The summed E-state index contributed by atoms with van der Waals surface area (Å²) in [6, 6.07) is 37.0. The van der Waals surface area contributed by atoms with Gasteiger partial charge in [-0.15, -0.1) is 0 Å². The monoisotopic (exact) mass is 461 g/mol. The second-order valence-corrected chi connectivity index (χ2v) is 7.49. The minimum Gasteiger partial charge on any atom is -0.432 e. The molecule has 0 fully saturated rings. The summed E-state index contributed by atoms with van der Waals surface area (Å²) in [6.45, 7) is 0. The van der Waals surface area contributed by atoms with Crippen LogP contribution in [0.5, 0.6) is 0 Å². The second-order valence-electron chi connectivity index (χ2n) is 7.49. The summed E-state index contributed by atoms with van der Waals surface area (Å²) in [7, 11) is 0. The highest BCUT2D eigenvalue weighted by Gasteiger charge is 2.19. The van der Waals surface area contributed by atoms with Gasteiger partial charge < -0.3 is 15.4 Å². The summed E-state index contributed by atoms with van der Waals surface area (Å²) in [5, 5.41) is 8.23. The molecule has 172 valence electrons. The number of carbonyl (C=O) groups is 2. The van der Waals surface area contributed by atoms with Crippen LogP contribution in [0, 0.1) is 12.2 Å². The Morgan fingerprint density at radius 3 is 2.00 bits per heavy atom. The van der Waals surface area contributed by atoms with Gasteiger partial charge in [0.25, 0.3) is 5.91 Å². The van der Waals surface area contributed by atoms with E-state index >= 15 is 0 Å². The van der Waals surface area contributed by atoms with E-state index in [1.165, 1.54) is 0 Å². The third kappa shape index (κ3) is 6.50. The molecule has 6 heteroatoms. The van der Waals surface area contributed by atoms with Crippen LogP contribution in [0.15, 0.2) is 115 Å². The Morgan fingerprint density at radius 1 is 0.686 bits per heavy atom. The fraction of sp³-hybridized carbons (Fsp3) is 0.0345. The van der Waals surface area contributed by atoms with Crippen molar-refractivity contribution in [2.45, 2.75) is 6.10 Å². The Morgan fingerprint density at radius 2 is 1.29 bits per heavy atom. The Labute approximate surface area is 204 Å². The third-order valence-corrected chi connectivity index (χ3v) is 5.07. The molecule has 4 rings (SSSR count). The molecule has 0 bridgehead atoms. The highest BCUT2D eigenvalue weighted by atomic mass is 16.5. The average Bonchev–Trinajstić information content (AvgIpc) is 2.91. The zero-order chi connectivity index (χ0) is 24.3. The van der Waals surface area contributed by atoms with Crippen molar-refractivity contribution in [2.75, 3.05) is 10.6 Å². The summed E-state index contributed by atoms with van der Waals surface area (Å²) < 4.78 is 5.89. The number of hydrogen-bond donors (Lipinski definition) is 3. The molecule has 0 radical (unpaired) electrons. The number of ether oxygens (including phenoxy) is 1. The van der Waals surface area contributed by atoms with Gasteiger partial charge in [0, 0.05) is 22.5 Å². The molecule has 1 atom stereocenters. The minimum atomic E-state index is -0.606. The number of benzene rings is 4. The van der Waals surface area contributed by atoms with E-state index in [1.54, 1.807) is 42.5 Å². The summed E-state index contributed by atoms with van der Waals surface area (Å²) >= 11 is 0. The second kappa shape index (κ2) is 11.7. The van der Waals surface area contributed by atoms with E-state index in [2.05, 4.69) is 28.1 Å². The predicted octanol–water partition coefficient (Wildman–Crippen LogP) is 5.79. The summed E-state index contributed by atoms with van der Waals surface area (Å²) in [6.07, 6.45) is 1.99. The van der Waals surface area contributed by atoms with E-state index < -0.39 is 6.10 Å². The molecular weight excluding hydrogens is 438 g/mol. The molecular formula is C29H23N3O3. The van der Waals surface area contributed by atoms with Crippen molar-refractivity contribution in [1.29, 1.82) is 0 Å². The molecule has 0 aromatic heterocycles. The summed E-state index contributed by atoms with van der Waals surface area (Å²) in [4.78, 5) is 24.9. The lowest BCUT2D eigenvalue weighted by atomic mass is 9.99. The van der Waals surface area contributed by atoms with Crippen LogP contribution in [-0.4, -0.2) is 11.9 Å². The molecule has 4 aromatic carbocycles. The maximum Gasteiger partial charge on any atom is 0.323 e. The fourth-order valence-electron chi connectivity index (χ4n) is 3.42. The molecule has 0 saturated heterocycles. The number of anilines is 2. The van der Waals surface area contributed by atoms with Gasteiger partial charge in [0.2, 0.25) is 0 Å². The van der Waals surface area contributed by atoms with Gasteiger partial charge >= 0.3 is 6.03 Å². The van der Waals surface area contributed by atoms with Crippen molar-refractivity contribution in [3.63, 3.8) is 0 Å². The van der Waals surface area contributed by atoms with E-state index in [0.29, 0.717) is 22.5 Å². The number of nitrogens with one attached hydrogen (secondary N) is 3. The van der Waals surface area contributed by atoms with Crippen LogP contribution < -0.4 is 16.0 Å². The van der Waals surface area contributed by atoms with Gasteiger partial charge in [0.1, 0.15) is 6.11 Å². The van der Waals surface area contributed by atoms with Gasteiger partial charge in [-0.05, 0) is 35.9 Å². The fourth-order valence-corrected chi connectivity index (χ4v) is 3.42. The first-order valence-corrected chi connectivity index (χ1v) is 11.0. The molecule has 0 spiro atoms. The molecule has 6 nitrogen and oxygen atoms in total. The highest BCUT2D eigenvalue weighted by Crippen LogP contribution is 2.31. The maximum absolute atomic E-state index is 12.6. The van der Waals surface area contributed by atoms with E-state index in [1.807, 2.05) is 72.8 Å². The highest BCUT2D eigenvalue weighted by molar-refractivity contribution is 6.00. The number of rotatable bonds is 6.